The lowest BCUT2D eigenvalue weighted by molar-refractivity contribution is -0.125. The molecule has 0 heterocycles. The van der Waals surface area contributed by atoms with Crippen LogP contribution in [0.25, 0.3) is 0 Å². The van der Waals surface area contributed by atoms with Crippen molar-refractivity contribution in [1.82, 2.24) is 10.6 Å². The highest BCUT2D eigenvalue weighted by Crippen LogP contribution is 2.13. The van der Waals surface area contributed by atoms with E-state index in [1.165, 1.54) is 0 Å². The number of ether oxygens (including phenoxy) is 1. The third kappa shape index (κ3) is 7.08. The summed E-state index contributed by atoms with van der Waals surface area (Å²) in [6, 6.07) is 17.0. The first-order valence-electron chi connectivity index (χ1n) is 8.36. The minimum Gasteiger partial charge on any atom is -0.491 e. The van der Waals surface area contributed by atoms with Gasteiger partial charge in [-0.15, -0.1) is 0 Å². The molecule has 0 spiro atoms. The fraction of sp³-hybridized carbons (Fsp3) is 0.300. The van der Waals surface area contributed by atoms with Gasteiger partial charge in [-0.05, 0) is 37.1 Å². The van der Waals surface area contributed by atoms with E-state index < -0.39 is 0 Å². The van der Waals surface area contributed by atoms with E-state index in [1.54, 1.807) is 0 Å². The van der Waals surface area contributed by atoms with Crippen LogP contribution in [0.1, 0.15) is 25.0 Å². The molecule has 2 amide bonds. The summed E-state index contributed by atoms with van der Waals surface area (Å²) in [6.07, 6.45) is 0.399. The highest BCUT2D eigenvalue weighted by Gasteiger charge is 2.06. The molecule has 0 radical (unpaired) electrons. The molecule has 0 aliphatic rings. The van der Waals surface area contributed by atoms with E-state index in [0.717, 1.165) is 16.9 Å². The van der Waals surface area contributed by atoms with Crippen LogP contribution in [-0.2, 0) is 22.6 Å². The number of benzene rings is 2. The maximum absolute atomic E-state index is 11.8. The summed E-state index contributed by atoms with van der Waals surface area (Å²) in [4.78, 5) is 23.6. The van der Waals surface area contributed by atoms with Gasteiger partial charge in [0.25, 0.3) is 0 Å². The molecule has 0 bridgehead atoms. The van der Waals surface area contributed by atoms with Crippen LogP contribution in [0, 0.1) is 0 Å². The van der Waals surface area contributed by atoms with Crippen molar-refractivity contribution in [2.75, 3.05) is 6.54 Å². The zero-order valence-electron chi connectivity index (χ0n) is 14.6. The zero-order chi connectivity index (χ0) is 18.1. The Bertz CT molecular complexity index is 682. The first-order valence-corrected chi connectivity index (χ1v) is 8.36. The molecule has 132 valence electrons. The molecular weight excluding hydrogens is 316 g/mol. The van der Waals surface area contributed by atoms with Crippen molar-refractivity contribution in [2.24, 2.45) is 0 Å². The highest BCUT2D eigenvalue weighted by atomic mass is 16.5. The molecule has 0 unspecified atom stereocenters. The van der Waals surface area contributed by atoms with Gasteiger partial charge in [0.15, 0.2) is 0 Å². The smallest absolute Gasteiger partial charge is 0.239 e. The van der Waals surface area contributed by atoms with Gasteiger partial charge >= 0.3 is 0 Å². The molecule has 25 heavy (non-hydrogen) atoms. The maximum Gasteiger partial charge on any atom is 0.239 e. The summed E-state index contributed by atoms with van der Waals surface area (Å²) in [6.45, 7) is 4.33. The Labute approximate surface area is 148 Å². The fourth-order valence-corrected chi connectivity index (χ4v) is 2.24. The SMILES string of the molecule is CC(C)Oc1ccc(CNC(=O)CNC(=O)Cc2ccccc2)cc1. The van der Waals surface area contributed by atoms with Crippen molar-refractivity contribution in [2.45, 2.75) is 32.9 Å². The third-order valence-corrected chi connectivity index (χ3v) is 3.44. The summed E-state index contributed by atoms with van der Waals surface area (Å²) in [5, 5.41) is 5.41. The predicted molar refractivity (Wildman–Crippen MR) is 97.2 cm³/mol. The fourth-order valence-electron chi connectivity index (χ4n) is 2.24. The molecule has 0 fully saturated rings. The number of hydrogen-bond acceptors (Lipinski definition) is 3. The molecule has 2 N–H and O–H groups in total. The number of nitrogens with one attached hydrogen (secondary N) is 2. The van der Waals surface area contributed by atoms with Crippen molar-refractivity contribution in [3.8, 4) is 5.75 Å². The van der Waals surface area contributed by atoms with Crippen molar-refractivity contribution in [3.63, 3.8) is 0 Å². The first-order chi connectivity index (χ1) is 12.0. The van der Waals surface area contributed by atoms with Crippen molar-refractivity contribution < 1.29 is 14.3 Å². The van der Waals surface area contributed by atoms with Gasteiger partial charge in [-0.25, -0.2) is 0 Å². The molecule has 2 rings (SSSR count). The van der Waals surface area contributed by atoms with Crippen LogP contribution in [0.3, 0.4) is 0 Å². The molecule has 0 saturated carbocycles. The van der Waals surface area contributed by atoms with Crippen LogP contribution in [0.5, 0.6) is 5.75 Å². The summed E-state index contributed by atoms with van der Waals surface area (Å²) in [7, 11) is 0. The lowest BCUT2D eigenvalue weighted by Gasteiger charge is -2.11. The second-order valence-electron chi connectivity index (χ2n) is 6.03. The van der Waals surface area contributed by atoms with Crippen LogP contribution in [0.4, 0.5) is 0 Å². The number of carbonyl (C=O) groups excluding carboxylic acids is 2. The van der Waals surface area contributed by atoms with Gasteiger partial charge in [0.05, 0.1) is 19.1 Å². The van der Waals surface area contributed by atoms with Gasteiger partial charge in [-0.1, -0.05) is 42.5 Å². The summed E-state index contributed by atoms with van der Waals surface area (Å²) >= 11 is 0. The molecule has 5 heteroatoms. The zero-order valence-corrected chi connectivity index (χ0v) is 14.6. The van der Waals surface area contributed by atoms with Crippen LogP contribution in [0.2, 0.25) is 0 Å². The maximum atomic E-state index is 11.8. The largest absolute Gasteiger partial charge is 0.491 e. The van der Waals surface area contributed by atoms with Gasteiger partial charge in [-0.2, -0.15) is 0 Å². The normalized spacial score (nSPS) is 10.4. The van der Waals surface area contributed by atoms with Gasteiger partial charge in [-0.3, -0.25) is 9.59 Å². The van der Waals surface area contributed by atoms with Crippen LogP contribution >= 0.6 is 0 Å². The van der Waals surface area contributed by atoms with E-state index in [4.69, 9.17) is 4.74 Å². The van der Waals surface area contributed by atoms with E-state index in [1.807, 2.05) is 68.4 Å². The minimum absolute atomic E-state index is 0.0276. The predicted octanol–water partition coefficient (Wildman–Crippen LogP) is 2.45. The van der Waals surface area contributed by atoms with Gasteiger partial charge < -0.3 is 15.4 Å². The second-order valence-corrected chi connectivity index (χ2v) is 6.03. The highest BCUT2D eigenvalue weighted by molar-refractivity contribution is 5.85. The van der Waals surface area contributed by atoms with Crippen LogP contribution in [-0.4, -0.2) is 24.5 Å². The van der Waals surface area contributed by atoms with Gasteiger partial charge in [0.2, 0.25) is 11.8 Å². The number of amides is 2. The Morgan fingerprint density at radius 1 is 0.880 bits per heavy atom. The Morgan fingerprint density at radius 3 is 2.20 bits per heavy atom. The summed E-state index contributed by atoms with van der Waals surface area (Å²) in [5.74, 6) is 0.415. The van der Waals surface area contributed by atoms with Crippen LogP contribution in [0.15, 0.2) is 54.6 Å². The molecule has 2 aromatic carbocycles. The van der Waals surface area contributed by atoms with E-state index in [9.17, 15) is 9.59 Å². The average molecular weight is 340 g/mol. The van der Waals surface area contributed by atoms with E-state index in [2.05, 4.69) is 10.6 Å². The lowest BCUT2D eigenvalue weighted by atomic mass is 10.1. The molecule has 2 aromatic rings. The van der Waals surface area contributed by atoms with E-state index >= 15 is 0 Å². The van der Waals surface area contributed by atoms with E-state index in [0.29, 0.717) is 6.54 Å². The number of carbonyl (C=O) groups is 2. The summed E-state index contributed by atoms with van der Waals surface area (Å²) < 4.78 is 5.57. The minimum atomic E-state index is -0.219. The van der Waals surface area contributed by atoms with Crippen molar-refractivity contribution in [3.05, 3.63) is 65.7 Å². The Kier molecular flexibility index (Phi) is 7.01. The molecular formula is C20H24N2O3. The quantitative estimate of drug-likeness (QED) is 0.776. The van der Waals surface area contributed by atoms with Crippen LogP contribution < -0.4 is 15.4 Å². The molecule has 0 aliphatic heterocycles. The Morgan fingerprint density at radius 2 is 1.56 bits per heavy atom. The molecule has 0 saturated heterocycles. The third-order valence-electron chi connectivity index (χ3n) is 3.44. The topological polar surface area (TPSA) is 67.4 Å². The molecule has 0 aliphatic carbocycles. The monoisotopic (exact) mass is 340 g/mol. The Hall–Kier alpha value is -2.82. The summed E-state index contributed by atoms with van der Waals surface area (Å²) in [5.41, 5.74) is 1.89. The van der Waals surface area contributed by atoms with Gasteiger partial charge in [0.1, 0.15) is 5.75 Å². The van der Waals surface area contributed by atoms with Gasteiger partial charge in [0, 0.05) is 6.54 Å². The van der Waals surface area contributed by atoms with Crippen molar-refractivity contribution in [1.29, 1.82) is 0 Å². The number of rotatable bonds is 8. The number of hydrogen-bond donors (Lipinski definition) is 2. The second kappa shape index (κ2) is 9.47. The van der Waals surface area contributed by atoms with Crippen molar-refractivity contribution >= 4 is 11.8 Å². The molecule has 5 nitrogen and oxygen atoms in total. The average Bonchev–Trinajstić information content (AvgIpc) is 2.60. The first kappa shape index (κ1) is 18.5. The lowest BCUT2D eigenvalue weighted by Crippen LogP contribution is -2.37. The Balaban J connectivity index is 1.69. The molecule has 0 aromatic heterocycles. The molecule has 0 atom stereocenters. The van der Waals surface area contributed by atoms with E-state index in [-0.39, 0.29) is 30.9 Å². The standard InChI is InChI=1S/C20H24N2O3/c1-15(2)25-18-10-8-17(9-11-18)13-21-20(24)14-22-19(23)12-16-6-4-3-5-7-16/h3-11,15H,12-14H2,1-2H3,(H,21,24)(H,22,23).